The van der Waals surface area contributed by atoms with Gasteiger partial charge in [-0.3, -0.25) is 9.79 Å². The van der Waals surface area contributed by atoms with Crippen LogP contribution in [0.25, 0.3) is 0 Å². The third-order valence-corrected chi connectivity index (χ3v) is 2.84. The van der Waals surface area contributed by atoms with Gasteiger partial charge in [-0.1, -0.05) is 6.92 Å². The summed E-state index contributed by atoms with van der Waals surface area (Å²) in [5.74, 6) is -3.13. The van der Waals surface area contributed by atoms with Gasteiger partial charge in [0.2, 0.25) is 0 Å². The largest absolute Gasteiger partial charge is 0.293 e. The lowest BCUT2D eigenvalue weighted by Crippen LogP contribution is -2.18. The van der Waals surface area contributed by atoms with Crippen molar-refractivity contribution in [3.63, 3.8) is 0 Å². The molecular weight excluding hydrogens is 268 g/mol. The number of carbonyl (C=O) groups excluding carboxylic acids is 1. The molecular formula is C10H6BrF2NO. The molecule has 0 amide bonds. The first-order valence-electron chi connectivity index (χ1n) is 4.28. The molecule has 0 N–H and O–H groups in total. The molecule has 0 fully saturated rings. The number of halogens is 3. The maximum Gasteiger partial charge on any atom is 0.176 e. The third-order valence-electron chi connectivity index (χ3n) is 2.23. The molecule has 78 valence electrons. The Morgan fingerprint density at radius 3 is 2.80 bits per heavy atom. The molecule has 1 aromatic carbocycles. The van der Waals surface area contributed by atoms with E-state index in [0.717, 1.165) is 6.07 Å². The van der Waals surface area contributed by atoms with Crippen LogP contribution in [0.3, 0.4) is 0 Å². The molecule has 1 heterocycles. The van der Waals surface area contributed by atoms with E-state index in [1.54, 1.807) is 6.92 Å². The van der Waals surface area contributed by atoms with E-state index < -0.39 is 23.3 Å². The molecule has 0 saturated carbocycles. The predicted octanol–water partition coefficient (Wildman–Crippen LogP) is 3.26. The zero-order valence-corrected chi connectivity index (χ0v) is 9.31. The molecule has 2 nitrogen and oxygen atoms in total. The van der Waals surface area contributed by atoms with Crippen LogP contribution in [0.5, 0.6) is 0 Å². The van der Waals surface area contributed by atoms with Gasteiger partial charge in [0.05, 0.1) is 17.2 Å². The fourth-order valence-corrected chi connectivity index (χ4v) is 1.92. The summed E-state index contributed by atoms with van der Waals surface area (Å²) >= 11 is 3.04. The Labute approximate surface area is 93.1 Å². The van der Waals surface area contributed by atoms with E-state index in [4.69, 9.17) is 0 Å². The Kier molecular flexibility index (Phi) is 2.42. The second-order valence-electron chi connectivity index (χ2n) is 3.31. The second kappa shape index (κ2) is 3.48. The van der Waals surface area contributed by atoms with Gasteiger partial charge < -0.3 is 0 Å². The molecule has 0 aliphatic carbocycles. The smallest absolute Gasteiger partial charge is 0.176 e. The van der Waals surface area contributed by atoms with Gasteiger partial charge in [-0.05, 0) is 22.0 Å². The quantitative estimate of drug-likeness (QED) is 0.667. The Morgan fingerprint density at radius 1 is 1.47 bits per heavy atom. The SMILES string of the molecule is CC1C=Nc2c(Br)cc(F)c(F)c2C1=O. The predicted molar refractivity (Wildman–Crippen MR) is 55.7 cm³/mol. The van der Waals surface area contributed by atoms with Crippen LogP contribution in [0.2, 0.25) is 0 Å². The number of Topliss-reactive ketones (excluding diaryl/α,β-unsaturated/α-hetero) is 1. The first kappa shape index (κ1) is 10.4. The summed E-state index contributed by atoms with van der Waals surface area (Å²) in [5, 5.41) is 0. The van der Waals surface area contributed by atoms with E-state index in [1.165, 1.54) is 6.21 Å². The number of nitrogens with zero attached hydrogens (tertiary/aromatic N) is 1. The van der Waals surface area contributed by atoms with Crippen LogP contribution in [0.4, 0.5) is 14.5 Å². The number of ketones is 1. The normalized spacial score (nSPS) is 19.2. The minimum absolute atomic E-state index is 0.164. The molecule has 2 rings (SSSR count). The lowest BCUT2D eigenvalue weighted by Gasteiger charge is -2.15. The summed E-state index contributed by atoms with van der Waals surface area (Å²) in [6.07, 6.45) is 1.42. The number of hydrogen-bond donors (Lipinski definition) is 0. The lowest BCUT2D eigenvalue weighted by molar-refractivity contribution is 0.0957. The second-order valence-corrected chi connectivity index (χ2v) is 4.16. The van der Waals surface area contributed by atoms with Gasteiger partial charge >= 0.3 is 0 Å². The summed E-state index contributed by atoms with van der Waals surface area (Å²) in [6.45, 7) is 1.59. The average Bonchev–Trinajstić information content (AvgIpc) is 2.19. The molecule has 1 aromatic rings. The van der Waals surface area contributed by atoms with Crippen molar-refractivity contribution in [2.45, 2.75) is 6.92 Å². The molecule has 0 bridgehead atoms. The average molecular weight is 274 g/mol. The number of rotatable bonds is 0. The fraction of sp³-hybridized carbons (Fsp3) is 0.200. The highest BCUT2D eigenvalue weighted by Gasteiger charge is 2.28. The molecule has 0 aromatic heterocycles. The van der Waals surface area contributed by atoms with Crippen LogP contribution in [-0.2, 0) is 0 Å². The Bertz CT molecular complexity index is 485. The highest BCUT2D eigenvalue weighted by molar-refractivity contribution is 9.10. The maximum atomic E-state index is 13.4. The maximum absolute atomic E-state index is 13.4. The van der Waals surface area contributed by atoms with E-state index in [9.17, 15) is 13.6 Å². The van der Waals surface area contributed by atoms with Gasteiger partial charge in [0.15, 0.2) is 17.4 Å². The summed E-state index contributed by atoms with van der Waals surface area (Å²) < 4.78 is 26.7. The number of carbonyl (C=O) groups is 1. The third kappa shape index (κ3) is 1.51. The van der Waals surface area contributed by atoms with Crippen molar-refractivity contribution in [3.05, 3.63) is 27.7 Å². The fourth-order valence-electron chi connectivity index (χ4n) is 1.42. The van der Waals surface area contributed by atoms with Crippen molar-refractivity contribution in [1.29, 1.82) is 0 Å². The van der Waals surface area contributed by atoms with Gasteiger partial charge in [0.1, 0.15) is 0 Å². The van der Waals surface area contributed by atoms with Crippen LogP contribution in [-0.4, -0.2) is 12.0 Å². The van der Waals surface area contributed by atoms with E-state index in [0.29, 0.717) is 0 Å². The Hall–Kier alpha value is -1.10. The molecule has 1 aliphatic rings. The molecule has 5 heteroatoms. The van der Waals surface area contributed by atoms with E-state index in [-0.39, 0.29) is 15.7 Å². The topological polar surface area (TPSA) is 29.4 Å². The van der Waals surface area contributed by atoms with Crippen LogP contribution in [0.1, 0.15) is 17.3 Å². The Balaban J connectivity index is 2.78. The van der Waals surface area contributed by atoms with Crippen molar-refractivity contribution in [2.75, 3.05) is 0 Å². The van der Waals surface area contributed by atoms with Crippen molar-refractivity contribution in [3.8, 4) is 0 Å². The number of benzene rings is 1. The van der Waals surface area contributed by atoms with E-state index >= 15 is 0 Å². The van der Waals surface area contributed by atoms with Crippen molar-refractivity contribution >= 4 is 33.6 Å². The zero-order chi connectivity index (χ0) is 11.2. The molecule has 15 heavy (non-hydrogen) atoms. The summed E-state index contributed by atoms with van der Waals surface area (Å²) in [7, 11) is 0. The first-order chi connectivity index (χ1) is 7.02. The van der Waals surface area contributed by atoms with Crippen molar-refractivity contribution in [2.24, 2.45) is 10.9 Å². The van der Waals surface area contributed by atoms with Gasteiger partial charge in [0.25, 0.3) is 0 Å². The van der Waals surface area contributed by atoms with Crippen LogP contribution in [0.15, 0.2) is 15.5 Å². The molecule has 1 unspecified atom stereocenters. The van der Waals surface area contributed by atoms with Gasteiger partial charge in [-0.15, -0.1) is 0 Å². The van der Waals surface area contributed by atoms with E-state index in [1.807, 2.05) is 0 Å². The molecule has 0 radical (unpaired) electrons. The van der Waals surface area contributed by atoms with Crippen LogP contribution >= 0.6 is 15.9 Å². The standard InChI is InChI=1S/C10H6BrF2NO/c1-4-3-14-9-5(11)2-6(12)8(13)7(9)10(4)15/h2-4H,1H3. The number of hydrogen-bond acceptors (Lipinski definition) is 2. The van der Waals surface area contributed by atoms with Gasteiger partial charge in [-0.2, -0.15) is 0 Å². The molecule has 1 atom stereocenters. The molecule has 0 saturated heterocycles. The summed E-state index contributed by atoms with van der Waals surface area (Å²) in [4.78, 5) is 15.5. The number of fused-ring (bicyclic) bond motifs is 1. The highest BCUT2D eigenvalue weighted by Crippen LogP contribution is 2.36. The van der Waals surface area contributed by atoms with Gasteiger partial charge in [-0.25, -0.2) is 8.78 Å². The van der Waals surface area contributed by atoms with E-state index in [2.05, 4.69) is 20.9 Å². The summed E-state index contributed by atoms with van der Waals surface area (Å²) in [6, 6.07) is 0.967. The highest BCUT2D eigenvalue weighted by atomic mass is 79.9. The number of aliphatic imine (C=N–C) groups is 1. The monoisotopic (exact) mass is 273 g/mol. The molecule has 0 spiro atoms. The Morgan fingerprint density at radius 2 is 2.13 bits per heavy atom. The minimum atomic E-state index is -1.12. The van der Waals surface area contributed by atoms with Crippen molar-refractivity contribution < 1.29 is 13.6 Å². The lowest BCUT2D eigenvalue weighted by atomic mass is 9.95. The van der Waals surface area contributed by atoms with Crippen molar-refractivity contribution in [1.82, 2.24) is 0 Å². The minimum Gasteiger partial charge on any atom is -0.293 e. The zero-order valence-electron chi connectivity index (χ0n) is 7.72. The van der Waals surface area contributed by atoms with Gasteiger partial charge in [0, 0.05) is 10.7 Å². The van der Waals surface area contributed by atoms with Crippen LogP contribution in [0, 0.1) is 17.6 Å². The first-order valence-corrected chi connectivity index (χ1v) is 5.07. The van der Waals surface area contributed by atoms with Crippen LogP contribution < -0.4 is 0 Å². The summed E-state index contributed by atoms with van der Waals surface area (Å²) in [5.41, 5.74) is -0.103. The molecule has 1 aliphatic heterocycles.